The fourth-order valence-corrected chi connectivity index (χ4v) is 3.41. The zero-order chi connectivity index (χ0) is 15.6. The Morgan fingerprint density at radius 1 is 1.33 bits per heavy atom. The summed E-state index contributed by atoms with van der Waals surface area (Å²) >= 11 is 0. The molecule has 1 atom stereocenters. The second kappa shape index (κ2) is 5.95. The third-order valence-corrected chi connectivity index (χ3v) is 4.92. The van der Waals surface area contributed by atoms with Crippen molar-refractivity contribution in [1.82, 2.24) is 14.5 Å². The zero-order valence-electron chi connectivity index (χ0n) is 12.2. The van der Waals surface area contributed by atoms with Crippen molar-refractivity contribution in [1.29, 1.82) is 0 Å². The molecular weight excluding hydrogens is 293 g/mol. The van der Waals surface area contributed by atoms with Crippen molar-refractivity contribution >= 4 is 10.0 Å². The largest absolute Gasteiger partial charge is 0.270 e. The Labute approximate surface area is 123 Å². The average Bonchev–Trinajstić information content (AvgIpc) is 2.80. The summed E-state index contributed by atoms with van der Waals surface area (Å²) in [7, 11) is -3.69. The number of hydrogen-bond donors (Lipinski definition) is 1. The third kappa shape index (κ3) is 3.30. The minimum Gasteiger partial charge on any atom is -0.270 e. The van der Waals surface area contributed by atoms with Gasteiger partial charge in [0, 0.05) is 23.8 Å². The molecule has 1 unspecified atom stereocenters. The van der Waals surface area contributed by atoms with Crippen molar-refractivity contribution in [2.24, 2.45) is 0 Å². The maximum absolute atomic E-state index is 12.9. The molecule has 2 aromatic rings. The number of nitrogens with one attached hydrogen (secondary N) is 1. The Morgan fingerprint density at radius 3 is 2.48 bits per heavy atom. The normalized spacial score (nSPS) is 13.3. The lowest BCUT2D eigenvalue weighted by molar-refractivity contribution is 0.565. The highest BCUT2D eigenvalue weighted by Crippen LogP contribution is 2.20. The summed E-state index contributed by atoms with van der Waals surface area (Å²) < 4.78 is 41.8. The van der Waals surface area contributed by atoms with Crippen molar-refractivity contribution in [2.45, 2.75) is 38.3 Å². The molecule has 0 saturated carbocycles. The quantitative estimate of drug-likeness (QED) is 0.922. The lowest BCUT2D eigenvalue weighted by Crippen LogP contribution is -2.27. The highest BCUT2D eigenvalue weighted by molar-refractivity contribution is 7.89. The Balaban J connectivity index is 2.23. The second-order valence-electron chi connectivity index (χ2n) is 4.80. The van der Waals surface area contributed by atoms with E-state index in [9.17, 15) is 12.8 Å². The highest BCUT2D eigenvalue weighted by Gasteiger charge is 2.21. The standard InChI is InChI=1S/C14H18FN3O2S/c1-4-18-11(3)14(9-16-18)10(2)17-21(19,20)13-7-5-12(15)6-8-13/h5-10,17H,4H2,1-3H3. The first kappa shape index (κ1) is 15.7. The Morgan fingerprint density at radius 2 is 1.95 bits per heavy atom. The van der Waals surface area contributed by atoms with E-state index in [1.165, 1.54) is 12.1 Å². The molecule has 0 saturated heterocycles. The minimum absolute atomic E-state index is 0.0382. The molecule has 0 aliphatic carbocycles. The summed E-state index contributed by atoms with van der Waals surface area (Å²) in [6, 6.07) is 4.32. The molecule has 0 spiro atoms. The fourth-order valence-electron chi connectivity index (χ4n) is 2.18. The van der Waals surface area contributed by atoms with Crippen LogP contribution in [0.2, 0.25) is 0 Å². The van der Waals surface area contributed by atoms with Crippen LogP contribution in [0.5, 0.6) is 0 Å². The first-order chi connectivity index (χ1) is 9.85. The first-order valence-electron chi connectivity index (χ1n) is 6.65. The van der Waals surface area contributed by atoms with E-state index in [1.807, 2.05) is 13.8 Å². The van der Waals surface area contributed by atoms with Crippen molar-refractivity contribution < 1.29 is 12.8 Å². The number of benzene rings is 1. The monoisotopic (exact) mass is 311 g/mol. The Bertz CT molecular complexity index is 723. The van der Waals surface area contributed by atoms with Gasteiger partial charge in [-0.15, -0.1) is 0 Å². The number of hydrogen-bond acceptors (Lipinski definition) is 3. The molecule has 1 heterocycles. The number of aryl methyl sites for hydroxylation is 1. The van der Waals surface area contributed by atoms with Gasteiger partial charge in [0.15, 0.2) is 0 Å². The van der Waals surface area contributed by atoms with Crippen molar-refractivity contribution in [3.05, 3.63) is 47.5 Å². The smallest absolute Gasteiger partial charge is 0.241 e. The van der Waals surface area contributed by atoms with Crippen LogP contribution in [-0.4, -0.2) is 18.2 Å². The first-order valence-corrected chi connectivity index (χ1v) is 8.13. The average molecular weight is 311 g/mol. The molecule has 7 heteroatoms. The third-order valence-electron chi connectivity index (χ3n) is 3.36. The minimum atomic E-state index is -3.69. The van der Waals surface area contributed by atoms with Gasteiger partial charge in [0.25, 0.3) is 0 Å². The number of nitrogens with zero attached hydrogens (tertiary/aromatic N) is 2. The topological polar surface area (TPSA) is 64.0 Å². The van der Waals surface area contributed by atoms with Crippen molar-refractivity contribution in [2.75, 3.05) is 0 Å². The molecular formula is C14H18FN3O2S. The molecule has 0 radical (unpaired) electrons. The lowest BCUT2D eigenvalue weighted by atomic mass is 10.1. The van der Waals surface area contributed by atoms with Gasteiger partial charge in [-0.05, 0) is 45.0 Å². The molecule has 0 aliphatic heterocycles. The van der Waals surface area contributed by atoms with Gasteiger partial charge >= 0.3 is 0 Å². The van der Waals surface area contributed by atoms with E-state index < -0.39 is 21.9 Å². The van der Waals surface area contributed by atoms with Gasteiger partial charge in [0.1, 0.15) is 5.82 Å². The van der Waals surface area contributed by atoms with Crippen LogP contribution in [-0.2, 0) is 16.6 Å². The van der Waals surface area contributed by atoms with E-state index in [0.29, 0.717) is 0 Å². The van der Waals surface area contributed by atoms with Crippen LogP contribution in [0, 0.1) is 12.7 Å². The van der Waals surface area contributed by atoms with Crippen LogP contribution in [0.25, 0.3) is 0 Å². The SMILES string of the molecule is CCn1ncc(C(C)NS(=O)(=O)c2ccc(F)cc2)c1C. The van der Waals surface area contributed by atoms with Crippen LogP contribution < -0.4 is 4.72 Å². The van der Waals surface area contributed by atoms with Gasteiger partial charge in [-0.1, -0.05) is 0 Å². The van der Waals surface area contributed by atoms with Crippen LogP contribution in [0.1, 0.15) is 31.1 Å². The Hall–Kier alpha value is -1.73. The van der Waals surface area contributed by atoms with Crippen molar-refractivity contribution in [3.63, 3.8) is 0 Å². The molecule has 0 aliphatic rings. The van der Waals surface area contributed by atoms with Gasteiger partial charge < -0.3 is 0 Å². The van der Waals surface area contributed by atoms with E-state index >= 15 is 0 Å². The van der Waals surface area contributed by atoms with Crippen molar-refractivity contribution in [3.8, 4) is 0 Å². The fraction of sp³-hybridized carbons (Fsp3) is 0.357. The Kier molecular flexibility index (Phi) is 4.43. The summed E-state index contributed by atoms with van der Waals surface area (Å²) in [6.45, 7) is 6.35. The molecule has 0 bridgehead atoms. The van der Waals surface area contributed by atoms with E-state index in [4.69, 9.17) is 0 Å². The number of rotatable bonds is 5. The van der Waals surface area contributed by atoms with Gasteiger partial charge in [0.05, 0.1) is 11.1 Å². The molecule has 1 aromatic heterocycles. The summed E-state index contributed by atoms with van der Waals surface area (Å²) in [5, 5.41) is 4.20. The van der Waals surface area contributed by atoms with Crippen LogP contribution in [0.15, 0.2) is 35.4 Å². The predicted octanol–water partition coefficient (Wildman–Crippen LogP) is 2.39. The molecule has 5 nitrogen and oxygen atoms in total. The van der Waals surface area contributed by atoms with Gasteiger partial charge in [-0.2, -0.15) is 5.10 Å². The van der Waals surface area contributed by atoms with Gasteiger partial charge in [0.2, 0.25) is 10.0 Å². The van der Waals surface area contributed by atoms with Crippen LogP contribution >= 0.6 is 0 Å². The van der Waals surface area contributed by atoms with Gasteiger partial charge in [-0.25, -0.2) is 17.5 Å². The molecule has 21 heavy (non-hydrogen) atoms. The number of halogens is 1. The van der Waals surface area contributed by atoms with Crippen LogP contribution in [0.3, 0.4) is 0 Å². The summed E-state index contributed by atoms with van der Waals surface area (Å²) in [4.78, 5) is 0.0382. The molecule has 114 valence electrons. The second-order valence-corrected chi connectivity index (χ2v) is 6.51. The molecule has 2 rings (SSSR count). The maximum Gasteiger partial charge on any atom is 0.241 e. The maximum atomic E-state index is 12.9. The van der Waals surface area contributed by atoms with E-state index in [2.05, 4.69) is 9.82 Å². The van der Waals surface area contributed by atoms with Gasteiger partial charge in [-0.3, -0.25) is 4.68 Å². The highest BCUT2D eigenvalue weighted by atomic mass is 32.2. The summed E-state index contributed by atoms with van der Waals surface area (Å²) in [5.41, 5.74) is 1.74. The lowest BCUT2D eigenvalue weighted by Gasteiger charge is -2.14. The molecule has 0 fully saturated rings. The molecule has 1 aromatic carbocycles. The van der Waals surface area contributed by atoms with Crippen LogP contribution in [0.4, 0.5) is 4.39 Å². The summed E-state index contributed by atoms with van der Waals surface area (Å²) in [6.07, 6.45) is 1.66. The number of sulfonamides is 1. The zero-order valence-corrected chi connectivity index (χ0v) is 13.0. The van der Waals surface area contributed by atoms with E-state index in [1.54, 1.807) is 17.8 Å². The van der Waals surface area contributed by atoms with E-state index in [0.717, 1.165) is 29.9 Å². The molecule has 1 N–H and O–H groups in total. The predicted molar refractivity (Wildman–Crippen MR) is 77.8 cm³/mol. The summed E-state index contributed by atoms with van der Waals surface area (Å²) in [5.74, 6) is -0.470. The number of aromatic nitrogens is 2. The molecule has 0 amide bonds. The van der Waals surface area contributed by atoms with E-state index in [-0.39, 0.29) is 4.90 Å².